The normalized spacial score (nSPS) is 17.2. The molecule has 2 fully saturated rings. The van der Waals surface area contributed by atoms with Crippen LogP contribution in [-0.4, -0.2) is 80.0 Å². The molecule has 0 spiro atoms. The summed E-state index contributed by atoms with van der Waals surface area (Å²) in [4.78, 5) is 79.1. The third-order valence-corrected chi connectivity index (χ3v) is 11.6. The standard InChI is InChI=1S/C52H57N7O8/c1-51(2,3)66-49(63)56-43(33-15-9-7-10-16-33)47(61)58-27-13-19-40(58)42-31-53-46(65-42)35-23-21-32(22-24-35)39-30-36-29-37(25-26-38(36)55-39)54-45(60)41-20-14-28-59(41)48(62)44(34-17-11-8-12-18-34)57-50(64)67-52(4,5)6/h7-12,15-18,21-26,29-31,40-41,43-44,55H,13-14,19-20,27-28H2,1-6H3,(H,54,60)(H,56,63)(H,57,64)/t40-,41-,43+,44+/m0/s1. The van der Waals surface area contributed by atoms with E-state index in [1.807, 2.05) is 84.9 Å². The van der Waals surface area contributed by atoms with E-state index in [4.69, 9.17) is 13.9 Å². The third-order valence-electron chi connectivity index (χ3n) is 11.6. The molecule has 0 bridgehead atoms. The van der Waals surface area contributed by atoms with Crippen molar-refractivity contribution in [3.63, 3.8) is 0 Å². The lowest BCUT2D eigenvalue weighted by Gasteiger charge is -2.29. The first-order valence-corrected chi connectivity index (χ1v) is 22.7. The molecule has 15 heteroatoms. The molecule has 15 nitrogen and oxygen atoms in total. The SMILES string of the molecule is CC(C)(C)OC(=O)N[C@@H](C(=O)N1CCC[C@H]1C(=O)Nc1ccc2[nH]c(-c3ccc(-c4ncc([C@@H]5CCCN5C(=O)[C@H](NC(=O)OC(C)(C)C)c5ccccc5)o4)cc3)cc2c1)c1ccccc1. The average Bonchev–Trinajstić information content (AvgIpc) is 4.13. The van der Waals surface area contributed by atoms with Gasteiger partial charge in [0.25, 0.3) is 11.8 Å². The molecule has 0 saturated carbocycles. The van der Waals surface area contributed by atoms with Gasteiger partial charge in [0, 0.05) is 40.9 Å². The number of alkyl carbamates (subject to hydrolysis) is 2. The monoisotopic (exact) mass is 907 g/mol. The topological polar surface area (TPSA) is 188 Å². The number of oxazole rings is 1. The number of benzene rings is 4. The molecule has 6 aromatic rings. The number of aromatic amines is 1. The summed E-state index contributed by atoms with van der Waals surface area (Å²) in [6.45, 7) is 11.5. The van der Waals surface area contributed by atoms with Crippen LogP contribution < -0.4 is 16.0 Å². The molecular formula is C52H57N7O8. The zero-order valence-electron chi connectivity index (χ0n) is 38.6. The number of carbonyl (C=O) groups is 5. The number of anilines is 1. The first kappa shape index (κ1) is 46.1. The molecule has 0 radical (unpaired) electrons. The minimum atomic E-state index is -1.03. The molecule has 5 amide bonds. The lowest BCUT2D eigenvalue weighted by molar-refractivity contribution is -0.138. The van der Waals surface area contributed by atoms with Gasteiger partial charge in [0.15, 0.2) is 0 Å². The molecule has 2 aliphatic rings. The predicted molar refractivity (Wildman–Crippen MR) is 253 cm³/mol. The number of nitrogens with one attached hydrogen (secondary N) is 4. The Hall–Kier alpha value is -7.42. The van der Waals surface area contributed by atoms with E-state index in [0.717, 1.165) is 34.1 Å². The lowest BCUT2D eigenvalue weighted by Crippen LogP contribution is -2.49. The average molecular weight is 908 g/mol. The Morgan fingerprint density at radius 1 is 0.687 bits per heavy atom. The van der Waals surface area contributed by atoms with Crippen LogP contribution in [0.5, 0.6) is 0 Å². The summed E-state index contributed by atoms with van der Waals surface area (Å²) in [7, 11) is 0. The number of hydrogen-bond acceptors (Lipinski definition) is 9. The van der Waals surface area contributed by atoms with Crippen molar-refractivity contribution in [1.82, 2.24) is 30.4 Å². The van der Waals surface area contributed by atoms with Crippen LogP contribution in [0.1, 0.15) is 102 Å². The Balaban J connectivity index is 0.925. The van der Waals surface area contributed by atoms with Crippen molar-refractivity contribution in [1.29, 1.82) is 0 Å². The predicted octanol–water partition coefficient (Wildman–Crippen LogP) is 9.61. The minimum absolute atomic E-state index is 0.259. The van der Waals surface area contributed by atoms with Crippen molar-refractivity contribution in [2.24, 2.45) is 0 Å². The molecular weight excluding hydrogens is 851 g/mol. The van der Waals surface area contributed by atoms with Crippen LogP contribution in [0.2, 0.25) is 0 Å². The summed E-state index contributed by atoms with van der Waals surface area (Å²) < 4.78 is 17.3. The number of amides is 5. The number of likely N-dealkylation sites (tertiary alicyclic amines) is 2. The van der Waals surface area contributed by atoms with E-state index < -0.39 is 41.5 Å². The molecule has 0 unspecified atom stereocenters. The highest BCUT2D eigenvalue weighted by atomic mass is 16.6. The second kappa shape index (κ2) is 19.2. The van der Waals surface area contributed by atoms with Crippen molar-refractivity contribution in [2.45, 2.75) is 103 Å². The molecule has 4 atom stereocenters. The Morgan fingerprint density at radius 2 is 1.24 bits per heavy atom. The summed E-state index contributed by atoms with van der Waals surface area (Å²) in [6.07, 6.45) is 2.84. The number of carbonyl (C=O) groups excluding carboxylic acids is 5. The van der Waals surface area contributed by atoms with Gasteiger partial charge in [0.05, 0.1) is 12.2 Å². The van der Waals surface area contributed by atoms with Gasteiger partial charge in [-0.2, -0.15) is 0 Å². The van der Waals surface area contributed by atoms with E-state index in [1.54, 1.807) is 81.8 Å². The van der Waals surface area contributed by atoms with Crippen molar-refractivity contribution in [2.75, 3.05) is 18.4 Å². The van der Waals surface area contributed by atoms with Gasteiger partial charge >= 0.3 is 12.2 Å². The maximum absolute atomic E-state index is 14.2. The van der Waals surface area contributed by atoms with Crippen LogP contribution in [0.15, 0.2) is 120 Å². The highest BCUT2D eigenvalue weighted by Crippen LogP contribution is 2.37. The molecule has 4 heterocycles. The molecule has 2 saturated heterocycles. The largest absolute Gasteiger partial charge is 0.444 e. The molecule has 67 heavy (non-hydrogen) atoms. The Bertz CT molecular complexity index is 2740. The molecule has 2 aromatic heterocycles. The minimum Gasteiger partial charge on any atom is -0.444 e. The van der Waals surface area contributed by atoms with E-state index >= 15 is 0 Å². The number of H-pyrrole nitrogens is 1. The third kappa shape index (κ3) is 11.0. The second-order valence-corrected chi connectivity index (χ2v) is 19.0. The summed E-state index contributed by atoms with van der Waals surface area (Å²) in [5.41, 5.74) is 3.75. The van der Waals surface area contributed by atoms with Gasteiger partial charge in [-0.25, -0.2) is 14.6 Å². The van der Waals surface area contributed by atoms with Gasteiger partial charge in [0.1, 0.15) is 35.1 Å². The summed E-state index contributed by atoms with van der Waals surface area (Å²) in [5.74, 6) is 0.0260. The van der Waals surface area contributed by atoms with Gasteiger partial charge in [-0.3, -0.25) is 14.4 Å². The maximum Gasteiger partial charge on any atom is 0.408 e. The number of rotatable bonds is 11. The molecule has 2 aliphatic heterocycles. The summed E-state index contributed by atoms with van der Waals surface area (Å²) >= 11 is 0. The fraction of sp³-hybridized carbons (Fsp3) is 0.346. The van der Waals surface area contributed by atoms with Gasteiger partial charge in [-0.15, -0.1) is 0 Å². The molecule has 0 aliphatic carbocycles. The quantitative estimate of drug-likeness (QED) is 0.0982. The van der Waals surface area contributed by atoms with Crippen LogP contribution in [0.4, 0.5) is 15.3 Å². The van der Waals surface area contributed by atoms with E-state index in [0.29, 0.717) is 60.8 Å². The summed E-state index contributed by atoms with van der Waals surface area (Å²) in [6, 6.07) is 30.4. The zero-order chi connectivity index (χ0) is 47.5. The lowest BCUT2D eigenvalue weighted by atomic mass is 10.0. The van der Waals surface area contributed by atoms with Crippen molar-refractivity contribution in [3.05, 3.63) is 132 Å². The fourth-order valence-corrected chi connectivity index (χ4v) is 8.64. The van der Waals surface area contributed by atoms with Crippen LogP contribution >= 0.6 is 0 Å². The molecule has 4 aromatic carbocycles. The Kier molecular flexibility index (Phi) is 13.2. The van der Waals surface area contributed by atoms with Crippen molar-refractivity contribution < 1.29 is 37.9 Å². The summed E-state index contributed by atoms with van der Waals surface area (Å²) in [5, 5.41) is 9.44. The highest BCUT2D eigenvalue weighted by molar-refractivity contribution is 6.00. The number of nitrogens with zero attached hydrogens (tertiary/aromatic N) is 3. The first-order valence-electron chi connectivity index (χ1n) is 22.7. The van der Waals surface area contributed by atoms with E-state index in [2.05, 4.69) is 25.9 Å². The van der Waals surface area contributed by atoms with Crippen LogP contribution in [0.3, 0.4) is 0 Å². The molecule has 348 valence electrons. The maximum atomic E-state index is 14.2. The van der Waals surface area contributed by atoms with Gasteiger partial charge in [0.2, 0.25) is 11.8 Å². The van der Waals surface area contributed by atoms with Crippen LogP contribution in [0.25, 0.3) is 33.6 Å². The van der Waals surface area contributed by atoms with E-state index in [-0.39, 0.29) is 23.8 Å². The number of aromatic nitrogens is 2. The van der Waals surface area contributed by atoms with Gasteiger partial charge < -0.3 is 44.6 Å². The van der Waals surface area contributed by atoms with Gasteiger partial charge in [-0.1, -0.05) is 72.8 Å². The van der Waals surface area contributed by atoms with Gasteiger partial charge in [-0.05, 0) is 120 Å². The fourth-order valence-electron chi connectivity index (χ4n) is 8.64. The Labute approximate surface area is 389 Å². The van der Waals surface area contributed by atoms with Crippen LogP contribution in [-0.2, 0) is 23.9 Å². The highest BCUT2D eigenvalue weighted by Gasteiger charge is 2.40. The first-order chi connectivity index (χ1) is 32.0. The number of fused-ring (bicyclic) bond motifs is 1. The molecule has 4 N–H and O–H groups in total. The number of hydrogen-bond donors (Lipinski definition) is 4. The second-order valence-electron chi connectivity index (χ2n) is 19.0. The van der Waals surface area contributed by atoms with Crippen molar-refractivity contribution in [3.8, 4) is 22.7 Å². The smallest absolute Gasteiger partial charge is 0.408 e. The van der Waals surface area contributed by atoms with E-state index in [1.165, 1.54) is 0 Å². The number of ether oxygens (including phenoxy) is 2. The molecule has 8 rings (SSSR count). The zero-order valence-corrected chi connectivity index (χ0v) is 38.6. The van der Waals surface area contributed by atoms with Crippen molar-refractivity contribution >= 4 is 46.5 Å². The Morgan fingerprint density at radius 3 is 1.84 bits per heavy atom. The van der Waals surface area contributed by atoms with Crippen LogP contribution in [0, 0.1) is 0 Å². The van der Waals surface area contributed by atoms with E-state index in [9.17, 15) is 24.0 Å².